The number of nitrogens with one attached hydrogen (secondary N) is 1. The van der Waals surface area contributed by atoms with Gasteiger partial charge in [-0.15, -0.1) is 12.4 Å². The van der Waals surface area contributed by atoms with Crippen molar-refractivity contribution in [3.8, 4) is 11.3 Å². The minimum atomic E-state index is 0. The van der Waals surface area contributed by atoms with Crippen LogP contribution >= 0.6 is 35.6 Å². The Morgan fingerprint density at radius 2 is 1.96 bits per heavy atom. The molecule has 130 valence electrons. The highest BCUT2D eigenvalue weighted by Gasteiger charge is 2.09. The van der Waals surface area contributed by atoms with Crippen LogP contribution in [0.15, 0.2) is 46.4 Å². The van der Waals surface area contributed by atoms with Crippen LogP contribution in [0.25, 0.3) is 11.3 Å². The van der Waals surface area contributed by atoms with Crippen molar-refractivity contribution < 1.29 is 4.42 Å². The van der Waals surface area contributed by atoms with Gasteiger partial charge in [0.05, 0.1) is 11.6 Å². The summed E-state index contributed by atoms with van der Waals surface area (Å²) in [6, 6.07) is 9.39. The first kappa shape index (κ1) is 19.4. The first-order chi connectivity index (χ1) is 11.2. The van der Waals surface area contributed by atoms with Crippen LogP contribution in [0, 0.1) is 0 Å². The number of hydrogen-bond donors (Lipinski definition) is 1. The summed E-state index contributed by atoms with van der Waals surface area (Å²) in [7, 11) is 0. The third kappa shape index (κ3) is 5.29. The van der Waals surface area contributed by atoms with Crippen LogP contribution in [-0.2, 0) is 6.54 Å². The second kappa shape index (κ2) is 9.53. The van der Waals surface area contributed by atoms with Crippen molar-refractivity contribution in [2.45, 2.75) is 38.6 Å². The van der Waals surface area contributed by atoms with Crippen LogP contribution in [0.2, 0.25) is 10.0 Å². The molecule has 0 unspecified atom stereocenters. The second-order valence-corrected chi connectivity index (χ2v) is 6.77. The molecule has 1 aromatic heterocycles. The molecule has 0 radical (unpaired) electrons. The highest BCUT2D eigenvalue weighted by Crippen LogP contribution is 2.31. The topological polar surface area (TPSA) is 25.2 Å². The van der Waals surface area contributed by atoms with Crippen molar-refractivity contribution >= 4 is 35.6 Å². The van der Waals surface area contributed by atoms with E-state index in [0.29, 0.717) is 10.0 Å². The molecule has 0 spiro atoms. The molecule has 1 N–H and O–H groups in total. The SMILES string of the molecule is Cl.Clc1ccc(-c2ccc(CNCCC3=CCCCC3)o2)c(Cl)c1. The Morgan fingerprint density at radius 1 is 1.08 bits per heavy atom. The van der Waals surface area contributed by atoms with Gasteiger partial charge < -0.3 is 9.73 Å². The predicted molar refractivity (Wildman–Crippen MR) is 104 cm³/mol. The van der Waals surface area contributed by atoms with E-state index in [-0.39, 0.29) is 12.4 Å². The average molecular weight is 387 g/mol. The Labute approximate surface area is 159 Å². The molecule has 3 rings (SSSR count). The summed E-state index contributed by atoms with van der Waals surface area (Å²) in [4.78, 5) is 0. The smallest absolute Gasteiger partial charge is 0.135 e. The van der Waals surface area contributed by atoms with Crippen LogP contribution < -0.4 is 5.32 Å². The lowest BCUT2D eigenvalue weighted by Gasteiger charge is -2.12. The summed E-state index contributed by atoms with van der Waals surface area (Å²) in [6.07, 6.45) is 8.74. The molecule has 1 heterocycles. The minimum Gasteiger partial charge on any atom is -0.460 e. The molecule has 0 amide bonds. The van der Waals surface area contributed by atoms with Crippen LogP contribution in [0.4, 0.5) is 0 Å². The van der Waals surface area contributed by atoms with E-state index in [1.807, 2.05) is 24.3 Å². The van der Waals surface area contributed by atoms with Gasteiger partial charge in [-0.25, -0.2) is 0 Å². The summed E-state index contributed by atoms with van der Waals surface area (Å²) in [6.45, 7) is 1.72. The van der Waals surface area contributed by atoms with Gasteiger partial charge in [0.25, 0.3) is 0 Å². The number of hydrogen-bond acceptors (Lipinski definition) is 2. The molecule has 0 bridgehead atoms. The Balaban J connectivity index is 0.00000208. The second-order valence-electron chi connectivity index (χ2n) is 5.93. The third-order valence-electron chi connectivity index (χ3n) is 4.17. The molecule has 0 saturated heterocycles. The van der Waals surface area contributed by atoms with Crippen LogP contribution in [-0.4, -0.2) is 6.54 Å². The molecule has 0 fully saturated rings. The van der Waals surface area contributed by atoms with Crippen molar-refractivity contribution in [2.75, 3.05) is 6.54 Å². The lowest BCUT2D eigenvalue weighted by atomic mass is 9.97. The Bertz CT molecular complexity index is 694. The van der Waals surface area contributed by atoms with Crippen molar-refractivity contribution in [3.05, 3.63) is 57.8 Å². The quantitative estimate of drug-likeness (QED) is 0.444. The van der Waals surface area contributed by atoms with E-state index in [9.17, 15) is 0 Å². The number of furan rings is 1. The summed E-state index contributed by atoms with van der Waals surface area (Å²) in [5.74, 6) is 1.70. The number of halogens is 3. The summed E-state index contributed by atoms with van der Waals surface area (Å²) in [5.41, 5.74) is 2.46. The molecule has 2 aromatic rings. The van der Waals surface area contributed by atoms with E-state index in [1.165, 1.54) is 25.7 Å². The van der Waals surface area contributed by atoms with Crippen LogP contribution in [0.1, 0.15) is 37.9 Å². The number of rotatable bonds is 6. The maximum absolute atomic E-state index is 6.22. The molecule has 24 heavy (non-hydrogen) atoms. The van der Waals surface area contributed by atoms with E-state index in [1.54, 1.807) is 11.6 Å². The zero-order valence-corrected chi connectivity index (χ0v) is 15.8. The first-order valence-electron chi connectivity index (χ1n) is 8.15. The normalized spacial score (nSPS) is 14.2. The monoisotopic (exact) mass is 385 g/mol. The maximum atomic E-state index is 6.22. The molecule has 1 aromatic carbocycles. The lowest BCUT2D eigenvalue weighted by Crippen LogP contribution is -2.15. The lowest BCUT2D eigenvalue weighted by molar-refractivity contribution is 0.493. The highest BCUT2D eigenvalue weighted by molar-refractivity contribution is 6.36. The van der Waals surface area contributed by atoms with Gasteiger partial charge >= 0.3 is 0 Å². The zero-order chi connectivity index (χ0) is 16.1. The van der Waals surface area contributed by atoms with Gasteiger partial charge in [0, 0.05) is 10.6 Å². The summed E-state index contributed by atoms with van der Waals surface area (Å²) < 4.78 is 5.88. The summed E-state index contributed by atoms with van der Waals surface area (Å²) in [5, 5.41) is 4.68. The van der Waals surface area contributed by atoms with Crippen molar-refractivity contribution in [2.24, 2.45) is 0 Å². The van der Waals surface area contributed by atoms with Gasteiger partial charge in [-0.05, 0) is 69.0 Å². The average Bonchev–Trinajstić information content (AvgIpc) is 3.01. The minimum absolute atomic E-state index is 0. The van der Waals surface area contributed by atoms with Crippen LogP contribution in [0.5, 0.6) is 0 Å². The van der Waals surface area contributed by atoms with Crippen LogP contribution in [0.3, 0.4) is 0 Å². The maximum Gasteiger partial charge on any atom is 0.135 e. The third-order valence-corrected chi connectivity index (χ3v) is 4.71. The summed E-state index contributed by atoms with van der Waals surface area (Å²) >= 11 is 12.1. The molecule has 0 aliphatic heterocycles. The van der Waals surface area contributed by atoms with Gasteiger partial charge in [0.2, 0.25) is 0 Å². The van der Waals surface area contributed by atoms with E-state index in [0.717, 1.165) is 36.6 Å². The fraction of sp³-hybridized carbons (Fsp3) is 0.368. The van der Waals surface area contributed by atoms with Gasteiger partial charge in [-0.2, -0.15) is 0 Å². The number of benzene rings is 1. The molecule has 0 atom stereocenters. The molecule has 0 saturated carbocycles. The molecule has 1 aliphatic carbocycles. The van der Waals surface area contributed by atoms with E-state index in [2.05, 4.69) is 11.4 Å². The van der Waals surface area contributed by atoms with Gasteiger partial charge in [0.15, 0.2) is 0 Å². The fourth-order valence-corrected chi connectivity index (χ4v) is 3.40. The van der Waals surface area contributed by atoms with E-state index < -0.39 is 0 Å². The van der Waals surface area contributed by atoms with Crippen molar-refractivity contribution in [3.63, 3.8) is 0 Å². The Kier molecular flexibility index (Phi) is 7.70. The van der Waals surface area contributed by atoms with E-state index >= 15 is 0 Å². The Hall–Kier alpha value is -0.930. The largest absolute Gasteiger partial charge is 0.460 e. The molecule has 5 heteroatoms. The van der Waals surface area contributed by atoms with Gasteiger partial charge in [-0.1, -0.05) is 34.9 Å². The van der Waals surface area contributed by atoms with Gasteiger partial charge in [0.1, 0.15) is 11.5 Å². The zero-order valence-electron chi connectivity index (χ0n) is 13.5. The first-order valence-corrected chi connectivity index (χ1v) is 8.91. The Morgan fingerprint density at radius 3 is 2.71 bits per heavy atom. The molecule has 1 aliphatic rings. The fourth-order valence-electron chi connectivity index (χ4n) is 2.90. The molecule has 2 nitrogen and oxygen atoms in total. The molecular formula is C19H22Cl3NO. The van der Waals surface area contributed by atoms with Crippen molar-refractivity contribution in [1.29, 1.82) is 0 Å². The predicted octanol–water partition coefficient (Wildman–Crippen LogP) is 6.66. The number of allylic oxidation sites excluding steroid dienone is 1. The van der Waals surface area contributed by atoms with E-state index in [4.69, 9.17) is 27.6 Å². The highest BCUT2D eigenvalue weighted by atomic mass is 35.5. The molecular weight excluding hydrogens is 365 g/mol. The van der Waals surface area contributed by atoms with Crippen molar-refractivity contribution in [1.82, 2.24) is 5.32 Å². The van der Waals surface area contributed by atoms with Gasteiger partial charge in [-0.3, -0.25) is 0 Å². The standard InChI is InChI=1S/C19H21Cl2NO.ClH/c20-15-6-8-17(18(21)12-15)19-9-7-16(23-19)13-22-11-10-14-4-2-1-3-5-14;/h4,6-9,12,22H,1-3,5,10-11,13H2;1H.